The molecule has 0 aliphatic carbocycles. The molecule has 0 bridgehead atoms. The SMILES string of the molecule is CCOC(C)CNC(=O)c1cc(Cl)c2ccccc2n1. The number of carbonyl (C=O) groups is 1. The first-order chi connectivity index (χ1) is 9.61. The van der Waals surface area contributed by atoms with E-state index >= 15 is 0 Å². The van der Waals surface area contributed by atoms with Crippen molar-refractivity contribution in [3.05, 3.63) is 41.0 Å². The van der Waals surface area contributed by atoms with E-state index in [-0.39, 0.29) is 12.0 Å². The fourth-order valence-corrected chi connectivity index (χ4v) is 2.18. The third-order valence-electron chi connectivity index (χ3n) is 2.90. The number of para-hydroxylation sites is 1. The van der Waals surface area contributed by atoms with Gasteiger partial charge in [0.2, 0.25) is 0 Å². The van der Waals surface area contributed by atoms with E-state index < -0.39 is 0 Å². The van der Waals surface area contributed by atoms with E-state index in [0.29, 0.717) is 29.4 Å². The Morgan fingerprint density at radius 3 is 2.95 bits per heavy atom. The molecule has 4 nitrogen and oxygen atoms in total. The van der Waals surface area contributed by atoms with E-state index in [0.717, 1.165) is 5.39 Å². The Morgan fingerprint density at radius 2 is 2.20 bits per heavy atom. The number of pyridine rings is 1. The Labute approximate surface area is 123 Å². The average molecular weight is 293 g/mol. The third kappa shape index (κ3) is 3.46. The lowest BCUT2D eigenvalue weighted by molar-refractivity contribution is 0.0693. The summed E-state index contributed by atoms with van der Waals surface area (Å²) < 4.78 is 5.36. The number of amides is 1. The van der Waals surface area contributed by atoms with Gasteiger partial charge in [-0.3, -0.25) is 4.79 Å². The molecule has 0 aliphatic rings. The molecule has 0 fully saturated rings. The first-order valence-electron chi connectivity index (χ1n) is 6.57. The number of ether oxygens (including phenoxy) is 1. The lowest BCUT2D eigenvalue weighted by Gasteiger charge is -2.12. The Kier molecular flexibility index (Phi) is 4.93. The minimum atomic E-state index is -0.246. The highest BCUT2D eigenvalue weighted by Gasteiger charge is 2.12. The van der Waals surface area contributed by atoms with Gasteiger partial charge in [-0.25, -0.2) is 4.98 Å². The summed E-state index contributed by atoms with van der Waals surface area (Å²) in [5, 5.41) is 4.16. The minimum absolute atomic E-state index is 0.0279. The predicted octanol–water partition coefficient (Wildman–Crippen LogP) is 3.04. The number of aromatic nitrogens is 1. The maximum atomic E-state index is 12.1. The summed E-state index contributed by atoms with van der Waals surface area (Å²) in [5.74, 6) is -0.246. The molecule has 0 spiro atoms. The van der Waals surface area contributed by atoms with Gasteiger partial charge < -0.3 is 10.1 Å². The Balaban J connectivity index is 2.14. The number of nitrogens with zero attached hydrogens (tertiary/aromatic N) is 1. The quantitative estimate of drug-likeness (QED) is 0.921. The summed E-state index contributed by atoms with van der Waals surface area (Å²) in [6.45, 7) is 4.89. The topological polar surface area (TPSA) is 51.2 Å². The number of fused-ring (bicyclic) bond motifs is 1. The largest absolute Gasteiger partial charge is 0.377 e. The van der Waals surface area contributed by atoms with Crippen LogP contribution in [0.25, 0.3) is 10.9 Å². The molecule has 2 aromatic rings. The highest BCUT2D eigenvalue weighted by molar-refractivity contribution is 6.35. The number of benzene rings is 1. The average Bonchev–Trinajstić information content (AvgIpc) is 2.45. The number of carbonyl (C=O) groups excluding carboxylic acids is 1. The van der Waals surface area contributed by atoms with Crippen LogP contribution in [0, 0.1) is 0 Å². The van der Waals surface area contributed by atoms with Crippen LogP contribution in [0.5, 0.6) is 0 Å². The lowest BCUT2D eigenvalue weighted by Crippen LogP contribution is -2.32. The maximum Gasteiger partial charge on any atom is 0.270 e. The summed E-state index contributed by atoms with van der Waals surface area (Å²) in [5.41, 5.74) is 1.03. The zero-order valence-electron chi connectivity index (χ0n) is 11.5. The molecule has 1 amide bonds. The molecule has 20 heavy (non-hydrogen) atoms. The zero-order chi connectivity index (χ0) is 14.5. The second kappa shape index (κ2) is 6.68. The molecule has 1 aromatic carbocycles. The fourth-order valence-electron chi connectivity index (χ4n) is 1.92. The summed E-state index contributed by atoms with van der Waals surface area (Å²) in [7, 11) is 0. The Bertz CT molecular complexity index is 616. The summed E-state index contributed by atoms with van der Waals surface area (Å²) in [6, 6.07) is 9.05. The lowest BCUT2D eigenvalue weighted by atomic mass is 10.2. The van der Waals surface area contributed by atoms with Crippen LogP contribution in [-0.2, 0) is 4.74 Å². The van der Waals surface area contributed by atoms with Gasteiger partial charge in [-0.1, -0.05) is 29.8 Å². The Hall–Kier alpha value is -1.65. The number of rotatable bonds is 5. The van der Waals surface area contributed by atoms with Gasteiger partial charge in [-0.05, 0) is 26.0 Å². The standard InChI is InChI=1S/C15H17ClN2O2/c1-3-20-10(2)9-17-15(19)14-8-12(16)11-6-4-5-7-13(11)18-14/h4-8,10H,3,9H2,1-2H3,(H,17,19). The van der Waals surface area contributed by atoms with Gasteiger partial charge in [0.25, 0.3) is 5.91 Å². The molecule has 1 heterocycles. The predicted molar refractivity (Wildman–Crippen MR) is 80.2 cm³/mol. The number of halogens is 1. The molecular formula is C15H17ClN2O2. The van der Waals surface area contributed by atoms with E-state index in [1.54, 1.807) is 6.07 Å². The van der Waals surface area contributed by atoms with Gasteiger partial charge >= 0.3 is 0 Å². The van der Waals surface area contributed by atoms with Crippen molar-refractivity contribution < 1.29 is 9.53 Å². The molecule has 5 heteroatoms. The Morgan fingerprint density at radius 1 is 1.45 bits per heavy atom. The van der Waals surface area contributed by atoms with Crippen molar-refractivity contribution in [1.82, 2.24) is 10.3 Å². The van der Waals surface area contributed by atoms with Gasteiger partial charge in [0.1, 0.15) is 5.69 Å². The summed E-state index contributed by atoms with van der Waals surface area (Å²) in [4.78, 5) is 16.4. The highest BCUT2D eigenvalue weighted by atomic mass is 35.5. The fraction of sp³-hybridized carbons (Fsp3) is 0.333. The van der Waals surface area contributed by atoms with E-state index in [1.807, 2.05) is 38.1 Å². The molecule has 1 unspecified atom stereocenters. The molecule has 0 radical (unpaired) electrons. The van der Waals surface area contributed by atoms with Crippen LogP contribution in [0.3, 0.4) is 0 Å². The molecule has 0 aliphatic heterocycles. The smallest absolute Gasteiger partial charge is 0.270 e. The van der Waals surface area contributed by atoms with Crippen LogP contribution in [0.1, 0.15) is 24.3 Å². The monoisotopic (exact) mass is 292 g/mol. The van der Waals surface area contributed by atoms with Gasteiger partial charge in [-0.2, -0.15) is 0 Å². The normalized spacial score (nSPS) is 12.3. The number of hydrogen-bond donors (Lipinski definition) is 1. The second-order valence-corrected chi connectivity index (χ2v) is 4.89. The number of hydrogen-bond acceptors (Lipinski definition) is 3. The summed E-state index contributed by atoms with van der Waals surface area (Å²) >= 11 is 6.17. The molecule has 106 valence electrons. The van der Waals surface area contributed by atoms with Crippen LogP contribution >= 0.6 is 11.6 Å². The van der Waals surface area contributed by atoms with Crippen molar-refractivity contribution in [3.63, 3.8) is 0 Å². The van der Waals surface area contributed by atoms with Crippen LogP contribution in [0.2, 0.25) is 5.02 Å². The molecule has 0 saturated carbocycles. The minimum Gasteiger partial charge on any atom is -0.377 e. The van der Waals surface area contributed by atoms with E-state index in [1.165, 1.54) is 0 Å². The molecule has 2 rings (SSSR count). The van der Waals surface area contributed by atoms with Crippen LogP contribution < -0.4 is 5.32 Å². The van der Waals surface area contributed by atoms with E-state index in [9.17, 15) is 4.79 Å². The second-order valence-electron chi connectivity index (χ2n) is 4.48. The van der Waals surface area contributed by atoms with Crippen molar-refractivity contribution in [2.24, 2.45) is 0 Å². The van der Waals surface area contributed by atoms with Crippen LogP contribution in [0.15, 0.2) is 30.3 Å². The van der Waals surface area contributed by atoms with Gasteiger partial charge in [0.05, 0.1) is 16.6 Å². The molecule has 0 saturated heterocycles. The molecule has 1 N–H and O–H groups in total. The van der Waals surface area contributed by atoms with Crippen molar-refractivity contribution >= 4 is 28.4 Å². The maximum absolute atomic E-state index is 12.1. The van der Waals surface area contributed by atoms with Crippen molar-refractivity contribution in [1.29, 1.82) is 0 Å². The number of nitrogens with one attached hydrogen (secondary N) is 1. The van der Waals surface area contributed by atoms with Crippen LogP contribution in [0.4, 0.5) is 0 Å². The highest BCUT2D eigenvalue weighted by Crippen LogP contribution is 2.22. The summed E-state index contributed by atoms with van der Waals surface area (Å²) in [6.07, 6.45) is -0.0279. The first kappa shape index (κ1) is 14.8. The van der Waals surface area contributed by atoms with Crippen LogP contribution in [-0.4, -0.2) is 30.1 Å². The molecular weight excluding hydrogens is 276 g/mol. The van der Waals surface area contributed by atoms with Gasteiger partial charge in [-0.15, -0.1) is 0 Å². The van der Waals surface area contributed by atoms with E-state index in [2.05, 4.69) is 10.3 Å². The molecule has 1 atom stereocenters. The van der Waals surface area contributed by atoms with Gasteiger partial charge in [0.15, 0.2) is 0 Å². The third-order valence-corrected chi connectivity index (χ3v) is 3.21. The van der Waals surface area contributed by atoms with Crippen molar-refractivity contribution in [2.75, 3.05) is 13.2 Å². The van der Waals surface area contributed by atoms with Gasteiger partial charge in [0, 0.05) is 18.5 Å². The van der Waals surface area contributed by atoms with Crippen molar-refractivity contribution in [3.8, 4) is 0 Å². The zero-order valence-corrected chi connectivity index (χ0v) is 12.3. The van der Waals surface area contributed by atoms with Crippen molar-refractivity contribution in [2.45, 2.75) is 20.0 Å². The van der Waals surface area contributed by atoms with E-state index in [4.69, 9.17) is 16.3 Å². The first-order valence-corrected chi connectivity index (χ1v) is 6.94. The molecule has 1 aromatic heterocycles.